The van der Waals surface area contributed by atoms with E-state index in [4.69, 9.17) is 0 Å². The van der Waals surface area contributed by atoms with Gasteiger partial charge in [-0.25, -0.2) is 4.79 Å². The third kappa shape index (κ3) is 4.19. The molecule has 3 aromatic rings. The van der Waals surface area contributed by atoms with E-state index in [-0.39, 0.29) is 5.75 Å². The summed E-state index contributed by atoms with van der Waals surface area (Å²) in [7, 11) is 1.84. The van der Waals surface area contributed by atoms with Crippen LogP contribution in [-0.4, -0.2) is 43.4 Å². The summed E-state index contributed by atoms with van der Waals surface area (Å²) in [5, 5.41) is 14.3. The van der Waals surface area contributed by atoms with Crippen LogP contribution in [0.25, 0.3) is 0 Å². The molecule has 0 saturated carbocycles. The first kappa shape index (κ1) is 21.1. The minimum absolute atomic E-state index is 0.0237. The minimum Gasteiger partial charge on any atom is -0.318 e. The van der Waals surface area contributed by atoms with E-state index in [1.807, 2.05) is 35.2 Å². The lowest BCUT2D eigenvalue weighted by Gasteiger charge is -2.22. The van der Waals surface area contributed by atoms with Crippen LogP contribution in [0.3, 0.4) is 0 Å². The molecule has 1 atom stereocenters. The standard InChI is InChI=1S/C20H20N6O3S2/c1-20(13-7-4-3-5-8-13)17(28)26(18(29)21-20)24-16(27)12-31-19-23-22-15(25(19)2)11-14-9-6-10-30-14/h3-10H,11-12H2,1-2H3,(H,21,29)(H,24,27). The quantitative estimate of drug-likeness (QED) is 0.416. The SMILES string of the molecule is Cn1c(Cc2cccs2)nnc1SCC(=O)NN1C(=O)NC(C)(c2ccccc2)C1=O. The number of hydrazine groups is 1. The normalized spacial score (nSPS) is 18.3. The highest BCUT2D eigenvalue weighted by atomic mass is 32.2. The number of rotatable bonds is 7. The van der Waals surface area contributed by atoms with Gasteiger partial charge in [0.1, 0.15) is 11.4 Å². The Balaban J connectivity index is 1.37. The smallest absolute Gasteiger partial charge is 0.318 e. The van der Waals surface area contributed by atoms with Crippen LogP contribution in [0.2, 0.25) is 0 Å². The van der Waals surface area contributed by atoms with Gasteiger partial charge in [0, 0.05) is 18.3 Å². The number of nitrogens with zero attached hydrogens (tertiary/aromatic N) is 4. The van der Waals surface area contributed by atoms with Crippen LogP contribution in [0.1, 0.15) is 23.2 Å². The van der Waals surface area contributed by atoms with Crippen LogP contribution < -0.4 is 10.7 Å². The van der Waals surface area contributed by atoms with Crippen LogP contribution in [0.15, 0.2) is 53.0 Å². The fraction of sp³-hybridized carbons (Fsp3) is 0.250. The monoisotopic (exact) mass is 456 g/mol. The molecule has 1 aliphatic heterocycles. The molecule has 0 aliphatic carbocycles. The molecule has 1 fully saturated rings. The number of aromatic nitrogens is 3. The van der Waals surface area contributed by atoms with Crippen molar-refractivity contribution in [2.45, 2.75) is 24.0 Å². The Kier molecular flexibility index (Phi) is 5.79. The highest BCUT2D eigenvalue weighted by Gasteiger charge is 2.49. The van der Waals surface area contributed by atoms with Gasteiger partial charge in [0.25, 0.3) is 5.91 Å². The van der Waals surface area contributed by atoms with Gasteiger partial charge in [-0.15, -0.1) is 21.5 Å². The lowest BCUT2D eigenvalue weighted by molar-refractivity contribution is -0.138. The predicted octanol–water partition coefficient (Wildman–Crippen LogP) is 2.06. The molecule has 1 saturated heterocycles. The summed E-state index contributed by atoms with van der Waals surface area (Å²) in [6.45, 7) is 1.61. The van der Waals surface area contributed by atoms with Gasteiger partial charge in [0.2, 0.25) is 5.91 Å². The number of amides is 4. The Bertz CT molecular complexity index is 1120. The van der Waals surface area contributed by atoms with Gasteiger partial charge in [-0.1, -0.05) is 48.2 Å². The van der Waals surface area contributed by atoms with E-state index in [1.165, 1.54) is 16.6 Å². The highest BCUT2D eigenvalue weighted by Crippen LogP contribution is 2.27. The van der Waals surface area contributed by atoms with Gasteiger partial charge < -0.3 is 9.88 Å². The molecular formula is C20H20N6O3S2. The van der Waals surface area contributed by atoms with Gasteiger partial charge in [-0.05, 0) is 23.9 Å². The first-order chi connectivity index (χ1) is 14.9. The maximum absolute atomic E-state index is 12.9. The Morgan fingerprint density at radius 1 is 1.19 bits per heavy atom. The van der Waals surface area contributed by atoms with Crippen molar-refractivity contribution in [3.05, 3.63) is 64.1 Å². The highest BCUT2D eigenvalue weighted by molar-refractivity contribution is 7.99. The molecular weight excluding hydrogens is 436 g/mol. The summed E-state index contributed by atoms with van der Waals surface area (Å²) < 4.78 is 1.83. The second-order valence-corrected chi connectivity index (χ2v) is 9.07. The number of imide groups is 1. The number of carbonyl (C=O) groups excluding carboxylic acids is 3. The van der Waals surface area contributed by atoms with Gasteiger partial charge in [0.15, 0.2) is 5.16 Å². The van der Waals surface area contributed by atoms with Crippen molar-refractivity contribution in [3.63, 3.8) is 0 Å². The van der Waals surface area contributed by atoms with E-state index in [9.17, 15) is 14.4 Å². The van der Waals surface area contributed by atoms with Crippen molar-refractivity contribution in [2.75, 3.05) is 5.75 Å². The van der Waals surface area contributed by atoms with E-state index >= 15 is 0 Å². The number of urea groups is 1. The van der Waals surface area contributed by atoms with E-state index in [2.05, 4.69) is 20.9 Å². The van der Waals surface area contributed by atoms with Crippen molar-refractivity contribution in [1.29, 1.82) is 0 Å². The molecule has 9 nitrogen and oxygen atoms in total. The first-order valence-corrected chi connectivity index (χ1v) is 11.3. The number of nitrogens with one attached hydrogen (secondary N) is 2. The van der Waals surface area contributed by atoms with Crippen molar-refractivity contribution in [3.8, 4) is 0 Å². The number of benzene rings is 1. The Morgan fingerprint density at radius 2 is 1.97 bits per heavy atom. The molecule has 4 rings (SSSR count). The third-order valence-corrected chi connectivity index (χ3v) is 6.84. The number of thiophene rings is 1. The molecule has 2 N–H and O–H groups in total. The topological polar surface area (TPSA) is 109 Å². The van der Waals surface area contributed by atoms with E-state index in [0.717, 1.165) is 10.8 Å². The lowest BCUT2D eigenvalue weighted by Crippen LogP contribution is -2.48. The van der Waals surface area contributed by atoms with Crippen LogP contribution in [0.4, 0.5) is 4.79 Å². The van der Waals surface area contributed by atoms with Gasteiger partial charge in [0.05, 0.1) is 5.75 Å². The number of hydrogen-bond acceptors (Lipinski definition) is 7. The lowest BCUT2D eigenvalue weighted by atomic mass is 9.92. The molecule has 1 aromatic carbocycles. The maximum atomic E-state index is 12.9. The number of carbonyl (C=O) groups is 3. The summed E-state index contributed by atoms with van der Waals surface area (Å²) in [4.78, 5) is 38.8. The number of thioether (sulfide) groups is 1. The summed E-state index contributed by atoms with van der Waals surface area (Å²) in [6, 6.07) is 12.2. The second kappa shape index (κ2) is 8.52. The summed E-state index contributed by atoms with van der Waals surface area (Å²) in [5.41, 5.74) is 1.79. The molecule has 2 aromatic heterocycles. The molecule has 1 unspecified atom stereocenters. The number of hydrogen-bond donors (Lipinski definition) is 2. The molecule has 0 spiro atoms. The van der Waals surface area contributed by atoms with Gasteiger partial charge in [-0.3, -0.25) is 15.0 Å². The van der Waals surface area contributed by atoms with Crippen molar-refractivity contribution in [2.24, 2.45) is 7.05 Å². The summed E-state index contributed by atoms with van der Waals surface area (Å²) >= 11 is 2.82. The van der Waals surface area contributed by atoms with E-state index in [1.54, 1.807) is 42.5 Å². The van der Waals surface area contributed by atoms with Crippen LogP contribution >= 0.6 is 23.1 Å². The third-order valence-electron chi connectivity index (χ3n) is 4.95. The molecule has 3 heterocycles. The zero-order chi connectivity index (χ0) is 22.0. The first-order valence-electron chi connectivity index (χ1n) is 9.43. The molecule has 31 heavy (non-hydrogen) atoms. The molecule has 0 bridgehead atoms. The van der Waals surface area contributed by atoms with Crippen LogP contribution in [0, 0.1) is 0 Å². The predicted molar refractivity (Wildman–Crippen MR) is 116 cm³/mol. The van der Waals surface area contributed by atoms with E-state index < -0.39 is 23.4 Å². The molecule has 4 amide bonds. The molecule has 11 heteroatoms. The van der Waals surface area contributed by atoms with Gasteiger partial charge >= 0.3 is 6.03 Å². The Labute approximate surface area is 186 Å². The second-order valence-electron chi connectivity index (χ2n) is 7.10. The average Bonchev–Trinajstić information content (AvgIpc) is 3.45. The van der Waals surface area contributed by atoms with Crippen molar-refractivity contribution < 1.29 is 14.4 Å². The van der Waals surface area contributed by atoms with Gasteiger partial charge in [-0.2, -0.15) is 5.01 Å². The fourth-order valence-corrected chi connectivity index (χ4v) is 4.61. The average molecular weight is 457 g/mol. The molecule has 160 valence electrons. The van der Waals surface area contributed by atoms with Crippen LogP contribution in [-0.2, 0) is 28.6 Å². The Morgan fingerprint density at radius 3 is 2.68 bits per heavy atom. The van der Waals surface area contributed by atoms with Crippen molar-refractivity contribution >= 4 is 40.9 Å². The van der Waals surface area contributed by atoms with E-state index in [0.29, 0.717) is 17.1 Å². The molecule has 0 radical (unpaired) electrons. The zero-order valence-corrected chi connectivity index (χ0v) is 18.5. The fourth-order valence-electron chi connectivity index (χ4n) is 3.19. The maximum Gasteiger partial charge on any atom is 0.344 e. The molecule has 1 aliphatic rings. The van der Waals surface area contributed by atoms with Crippen LogP contribution in [0.5, 0.6) is 0 Å². The largest absolute Gasteiger partial charge is 0.344 e. The zero-order valence-electron chi connectivity index (χ0n) is 16.9. The van der Waals surface area contributed by atoms with Crippen molar-refractivity contribution in [1.82, 2.24) is 30.5 Å². The Hall–Kier alpha value is -3.18. The summed E-state index contributed by atoms with van der Waals surface area (Å²) in [5.74, 6) is -0.268. The minimum atomic E-state index is -1.24. The summed E-state index contributed by atoms with van der Waals surface area (Å²) in [6.07, 6.45) is 0.661.